The summed E-state index contributed by atoms with van der Waals surface area (Å²) in [6.07, 6.45) is 1.14. The molecule has 1 aromatic rings. The van der Waals surface area contributed by atoms with E-state index in [4.69, 9.17) is 9.47 Å². The first-order valence-corrected chi connectivity index (χ1v) is 6.82. The molecule has 1 aliphatic heterocycles. The number of carbonyl (C=O) groups excluding carboxylic acids is 3. The van der Waals surface area contributed by atoms with E-state index in [0.29, 0.717) is 37.4 Å². The first-order chi connectivity index (χ1) is 10.7. The van der Waals surface area contributed by atoms with Crippen LogP contribution in [-0.4, -0.2) is 38.1 Å². The van der Waals surface area contributed by atoms with Crippen molar-refractivity contribution in [3.8, 4) is 11.5 Å². The Hall–Kier alpha value is -2.77. The molecular weight excluding hydrogens is 290 g/mol. The smallest absolute Gasteiger partial charge is 0.309 e. The maximum absolute atomic E-state index is 11.6. The number of rotatable bonds is 7. The SMILES string of the molecule is O=CNCCCNC(=O)C(=O)NCc1ccc2c(c1)OCO2. The number of nitrogens with one attached hydrogen (secondary N) is 3. The minimum Gasteiger partial charge on any atom is -0.454 e. The fraction of sp³-hybridized carbons (Fsp3) is 0.357. The van der Waals surface area contributed by atoms with Gasteiger partial charge in [0.1, 0.15) is 0 Å². The van der Waals surface area contributed by atoms with Crippen molar-refractivity contribution in [1.82, 2.24) is 16.0 Å². The quantitative estimate of drug-likeness (QED) is 0.350. The van der Waals surface area contributed by atoms with E-state index >= 15 is 0 Å². The van der Waals surface area contributed by atoms with Crippen LogP contribution >= 0.6 is 0 Å². The lowest BCUT2D eigenvalue weighted by Gasteiger charge is -2.07. The molecule has 1 aromatic carbocycles. The van der Waals surface area contributed by atoms with Gasteiger partial charge in [-0.2, -0.15) is 0 Å². The van der Waals surface area contributed by atoms with Crippen LogP contribution in [0.5, 0.6) is 11.5 Å². The molecule has 0 atom stereocenters. The van der Waals surface area contributed by atoms with Crippen molar-refractivity contribution in [2.45, 2.75) is 13.0 Å². The van der Waals surface area contributed by atoms with Crippen LogP contribution in [-0.2, 0) is 20.9 Å². The van der Waals surface area contributed by atoms with Crippen molar-refractivity contribution >= 4 is 18.2 Å². The molecule has 1 heterocycles. The summed E-state index contributed by atoms with van der Waals surface area (Å²) in [4.78, 5) is 33.2. The van der Waals surface area contributed by atoms with Gasteiger partial charge in [0.05, 0.1) is 0 Å². The summed E-state index contributed by atoms with van der Waals surface area (Å²) < 4.78 is 10.4. The molecule has 0 spiro atoms. The Kier molecular flexibility index (Phi) is 5.58. The minimum atomic E-state index is -0.707. The molecule has 0 unspecified atom stereocenters. The van der Waals surface area contributed by atoms with Gasteiger partial charge in [-0.3, -0.25) is 14.4 Å². The van der Waals surface area contributed by atoms with Gasteiger partial charge < -0.3 is 25.4 Å². The van der Waals surface area contributed by atoms with Gasteiger partial charge in [0.2, 0.25) is 13.2 Å². The number of amides is 3. The topological polar surface area (TPSA) is 106 Å². The first-order valence-electron chi connectivity index (χ1n) is 6.82. The lowest BCUT2D eigenvalue weighted by Crippen LogP contribution is -2.40. The zero-order chi connectivity index (χ0) is 15.8. The molecule has 22 heavy (non-hydrogen) atoms. The van der Waals surface area contributed by atoms with Gasteiger partial charge in [-0.1, -0.05) is 6.07 Å². The van der Waals surface area contributed by atoms with E-state index in [0.717, 1.165) is 5.56 Å². The van der Waals surface area contributed by atoms with Gasteiger partial charge in [-0.15, -0.1) is 0 Å². The van der Waals surface area contributed by atoms with Crippen LogP contribution in [0.25, 0.3) is 0 Å². The average molecular weight is 307 g/mol. The van der Waals surface area contributed by atoms with E-state index in [1.165, 1.54) is 0 Å². The molecule has 118 valence electrons. The second-order valence-corrected chi connectivity index (χ2v) is 4.55. The molecule has 0 fully saturated rings. The standard InChI is InChI=1S/C14H17N3O5/c18-8-15-4-1-5-16-13(19)14(20)17-7-10-2-3-11-12(6-10)22-9-21-11/h2-3,6,8H,1,4-5,7,9H2,(H,15,18)(H,16,19)(H,17,20). The lowest BCUT2D eigenvalue weighted by molar-refractivity contribution is -0.139. The van der Waals surface area contributed by atoms with Crippen molar-refractivity contribution in [2.24, 2.45) is 0 Å². The molecule has 3 N–H and O–H groups in total. The summed E-state index contributed by atoms with van der Waals surface area (Å²) in [5, 5.41) is 7.45. The van der Waals surface area contributed by atoms with Gasteiger partial charge in [0.25, 0.3) is 0 Å². The molecular formula is C14H17N3O5. The van der Waals surface area contributed by atoms with Gasteiger partial charge in [-0.25, -0.2) is 0 Å². The maximum Gasteiger partial charge on any atom is 0.309 e. The van der Waals surface area contributed by atoms with Crippen molar-refractivity contribution < 1.29 is 23.9 Å². The molecule has 1 aliphatic rings. The monoisotopic (exact) mass is 307 g/mol. The normalized spacial score (nSPS) is 11.6. The largest absolute Gasteiger partial charge is 0.454 e. The van der Waals surface area contributed by atoms with Gasteiger partial charge in [0, 0.05) is 19.6 Å². The highest BCUT2D eigenvalue weighted by atomic mass is 16.7. The Morgan fingerprint density at radius 2 is 1.86 bits per heavy atom. The molecule has 8 nitrogen and oxygen atoms in total. The number of ether oxygens (including phenoxy) is 2. The molecule has 0 aliphatic carbocycles. The van der Waals surface area contributed by atoms with Gasteiger partial charge in [0.15, 0.2) is 11.5 Å². The van der Waals surface area contributed by atoms with Crippen LogP contribution < -0.4 is 25.4 Å². The highest BCUT2D eigenvalue weighted by Gasteiger charge is 2.15. The van der Waals surface area contributed by atoms with E-state index in [1.54, 1.807) is 18.2 Å². The molecule has 0 radical (unpaired) electrons. The minimum absolute atomic E-state index is 0.187. The second kappa shape index (κ2) is 7.87. The van der Waals surface area contributed by atoms with Crippen LogP contribution in [0.2, 0.25) is 0 Å². The maximum atomic E-state index is 11.6. The number of benzene rings is 1. The molecule has 3 amide bonds. The summed E-state index contributed by atoms with van der Waals surface area (Å²) >= 11 is 0. The predicted octanol–water partition coefficient (Wildman–Crippen LogP) is -0.716. The summed E-state index contributed by atoms with van der Waals surface area (Å²) in [5.41, 5.74) is 0.806. The highest BCUT2D eigenvalue weighted by Crippen LogP contribution is 2.32. The predicted molar refractivity (Wildman–Crippen MR) is 76.1 cm³/mol. The van der Waals surface area contributed by atoms with Crippen molar-refractivity contribution in [1.29, 1.82) is 0 Å². The van der Waals surface area contributed by atoms with Crippen molar-refractivity contribution in [2.75, 3.05) is 19.9 Å². The lowest BCUT2D eigenvalue weighted by atomic mass is 10.2. The van der Waals surface area contributed by atoms with Crippen molar-refractivity contribution in [3.63, 3.8) is 0 Å². The second-order valence-electron chi connectivity index (χ2n) is 4.55. The Bertz CT molecular complexity index is 561. The summed E-state index contributed by atoms with van der Waals surface area (Å²) in [6.45, 7) is 1.17. The van der Waals surface area contributed by atoms with Crippen LogP contribution in [0.4, 0.5) is 0 Å². The fourth-order valence-electron chi connectivity index (χ4n) is 1.85. The van der Waals surface area contributed by atoms with E-state index < -0.39 is 11.8 Å². The Labute approximate surface area is 127 Å². The summed E-state index contributed by atoms with van der Waals surface area (Å²) in [7, 11) is 0. The third kappa shape index (κ3) is 4.37. The molecule has 8 heteroatoms. The third-order valence-electron chi connectivity index (χ3n) is 2.96. The number of hydrogen-bond donors (Lipinski definition) is 3. The van der Waals surface area contributed by atoms with Crippen LogP contribution in [0, 0.1) is 0 Å². The number of fused-ring (bicyclic) bond motifs is 1. The molecule has 2 rings (SSSR count). The first kappa shape index (κ1) is 15.6. The fourth-order valence-corrected chi connectivity index (χ4v) is 1.85. The summed E-state index contributed by atoms with van der Waals surface area (Å²) in [5.74, 6) is -0.122. The van der Waals surface area contributed by atoms with E-state index in [2.05, 4.69) is 16.0 Å². The highest BCUT2D eigenvalue weighted by molar-refractivity contribution is 6.35. The van der Waals surface area contributed by atoms with Crippen LogP contribution in [0.3, 0.4) is 0 Å². The van der Waals surface area contributed by atoms with Crippen LogP contribution in [0.1, 0.15) is 12.0 Å². The van der Waals surface area contributed by atoms with E-state index in [-0.39, 0.29) is 13.3 Å². The average Bonchev–Trinajstić information content (AvgIpc) is 2.99. The molecule has 0 aromatic heterocycles. The molecule has 0 bridgehead atoms. The Morgan fingerprint density at radius 3 is 2.68 bits per heavy atom. The Balaban J connectivity index is 1.70. The molecule has 0 saturated heterocycles. The zero-order valence-electron chi connectivity index (χ0n) is 11.9. The molecule has 0 saturated carbocycles. The zero-order valence-corrected chi connectivity index (χ0v) is 11.9. The number of carbonyl (C=O) groups is 3. The van der Waals surface area contributed by atoms with E-state index in [1.807, 2.05) is 0 Å². The van der Waals surface area contributed by atoms with Gasteiger partial charge in [-0.05, 0) is 24.1 Å². The van der Waals surface area contributed by atoms with E-state index in [9.17, 15) is 14.4 Å². The van der Waals surface area contributed by atoms with Gasteiger partial charge >= 0.3 is 11.8 Å². The summed E-state index contributed by atoms with van der Waals surface area (Å²) in [6, 6.07) is 5.30. The number of hydrogen-bond acceptors (Lipinski definition) is 5. The Morgan fingerprint density at radius 1 is 1.09 bits per heavy atom. The van der Waals surface area contributed by atoms with Crippen molar-refractivity contribution in [3.05, 3.63) is 23.8 Å². The third-order valence-corrected chi connectivity index (χ3v) is 2.96. The van der Waals surface area contributed by atoms with Crippen LogP contribution in [0.15, 0.2) is 18.2 Å².